The van der Waals surface area contributed by atoms with Gasteiger partial charge in [0, 0.05) is 12.6 Å². The van der Waals surface area contributed by atoms with Crippen LogP contribution in [0.15, 0.2) is 0 Å². The van der Waals surface area contributed by atoms with Crippen LogP contribution in [0.2, 0.25) is 0 Å². The third-order valence-corrected chi connectivity index (χ3v) is 3.54. The van der Waals surface area contributed by atoms with Gasteiger partial charge in [-0.05, 0) is 44.9 Å². The van der Waals surface area contributed by atoms with Gasteiger partial charge in [0.1, 0.15) is 6.61 Å². The lowest BCUT2D eigenvalue weighted by Crippen LogP contribution is -2.40. The Morgan fingerprint density at radius 1 is 1.41 bits per heavy atom. The van der Waals surface area contributed by atoms with E-state index in [0.29, 0.717) is 5.92 Å². The zero-order valence-electron chi connectivity index (χ0n) is 10.9. The topological polar surface area (TPSA) is 58.6 Å². The molecule has 4 heteroatoms. The first-order valence-electron chi connectivity index (χ1n) is 6.67. The van der Waals surface area contributed by atoms with Gasteiger partial charge >= 0.3 is 0 Å². The second kappa shape index (κ2) is 7.67. The highest BCUT2D eigenvalue weighted by Gasteiger charge is 2.21. The van der Waals surface area contributed by atoms with Crippen LogP contribution >= 0.6 is 0 Å². The Labute approximate surface area is 104 Å². The smallest absolute Gasteiger partial charge is 0.246 e. The molecule has 100 valence electrons. The lowest BCUT2D eigenvalue weighted by Gasteiger charge is -2.28. The van der Waals surface area contributed by atoms with Crippen LogP contribution in [-0.4, -0.2) is 36.4 Å². The summed E-state index contributed by atoms with van der Waals surface area (Å²) in [4.78, 5) is 11.6. The Morgan fingerprint density at radius 2 is 2.06 bits per heavy atom. The van der Waals surface area contributed by atoms with Crippen LogP contribution in [0, 0.1) is 5.92 Å². The van der Waals surface area contributed by atoms with E-state index in [1.54, 1.807) is 0 Å². The van der Waals surface area contributed by atoms with Gasteiger partial charge in [0.25, 0.3) is 0 Å². The standard InChI is InChI=1S/C13H25NO3/c1-3-10(2)17-9-13(16)14-12-6-4-11(8-15)5-7-12/h10-12,15H,3-9H2,1-2H3,(H,14,16). The fraction of sp³-hybridized carbons (Fsp3) is 0.923. The van der Waals surface area contributed by atoms with Crippen molar-refractivity contribution in [3.8, 4) is 0 Å². The van der Waals surface area contributed by atoms with Crippen molar-refractivity contribution < 1.29 is 14.6 Å². The van der Waals surface area contributed by atoms with Crippen molar-refractivity contribution in [2.45, 2.75) is 58.1 Å². The molecule has 1 atom stereocenters. The van der Waals surface area contributed by atoms with E-state index in [-0.39, 0.29) is 31.3 Å². The SMILES string of the molecule is CCC(C)OCC(=O)NC1CCC(CO)CC1. The van der Waals surface area contributed by atoms with Crippen molar-refractivity contribution >= 4 is 5.91 Å². The molecule has 0 aromatic heterocycles. The number of ether oxygens (including phenoxy) is 1. The minimum Gasteiger partial charge on any atom is -0.396 e. The van der Waals surface area contributed by atoms with E-state index in [2.05, 4.69) is 5.32 Å². The summed E-state index contributed by atoms with van der Waals surface area (Å²) in [5.74, 6) is 0.414. The Morgan fingerprint density at radius 3 is 2.59 bits per heavy atom. The molecule has 1 rings (SSSR count). The molecule has 0 heterocycles. The average Bonchev–Trinajstić information content (AvgIpc) is 2.36. The molecule has 4 nitrogen and oxygen atoms in total. The first-order chi connectivity index (χ1) is 8.15. The van der Waals surface area contributed by atoms with Gasteiger partial charge < -0.3 is 15.2 Å². The number of carbonyl (C=O) groups excluding carboxylic acids is 1. The molecule has 1 aliphatic carbocycles. The zero-order valence-corrected chi connectivity index (χ0v) is 10.9. The maximum atomic E-state index is 11.6. The minimum atomic E-state index is -0.0160. The molecule has 0 aromatic rings. The fourth-order valence-corrected chi connectivity index (χ4v) is 2.09. The molecule has 0 bridgehead atoms. The van der Waals surface area contributed by atoms with E-state index in [1.807, 2.05) is 13.8 Å². The number of aliphatic hydroxyl groups excluding tert-OH is 1. The van der Waals surface area contributed by atoms with Gasteiger partial charge in [0.2, 0.25) is 5.91 Å². The van der Waals surface area contributed by atoms with Crippen molar-refractivity contribution in [3.63, 3.8) is 0 Å². The fourth-order valence-electron chi connectivity index (χ4n) is 2.09. The first-order valence-corrected chi connectivity index (χ1v) is 6.67. The van der Waals surface area contributed by atoms with Crippen molar-refractivity contribution in [1.82, 2.24) is 5.32 Å². The summed E-state index contributed by atoms with van der Waals surface area (Å²) in [6.45, 7) is 4.45. The third kappa shape index (κ3) is 5.50. The quantitative estimate of drug-likeness (QED) is 0.742. The summed E-state index contributed by atoms with van der Waals surface area (Å²) in [6.07, 6.45) is 5.03. The normalized spacial score (nSPS) is 26.5. The van der Waals surface area contributed by atoms with Gasteiger partial charge in [-0.2, -0.15) is 0 Å². The van der Waals surface area contributed by atoms with Crippen molar-refractivity contribution in [2.75, 3.05) is 13.2 Å². The van der Waals surface area contributed by atoms with Gasteiger partial charge in [-0.25, -0.2) is 0 Å². The molecule has 0 aromatic carbocycles. The molecule has 1 saturated carbocycles. The first kappa shape index (κ1) is 14.5. The largest absolute Gasteiger partial charge is 0.396 e. The number of hydrogen-bond acceptors (Lipinski definition) is 3. The van der Waals surface area contributed by atoms with E-state index in [4.69, 9.17) is 9.84 Å². The third-order valence-electron chi connectivity index (χ3n) is 3.54. The minimum absolute atomic E-state index is 0.0160. The number of rotatable bonds is 6. The molecule has 1 amide bonds. The van der Waals surface area contributed by atoms with Crippen LogP contribution in [0.5, 0.6) is 0 Å². The molecule has 1 aliphatic rings. The van der Waals surface area contributed by atoms with Crippen LogP contribution in [0.1, 0.15) is 46.0 Å². The van der Waals surface area contributed by atoms with E-state index in [0.717, 1.165) is 32.1 Å². The summed E-state index contributed by atoms with van der Waals surface area (Å²) in [5, 5.41) is 12.0. The number of amides is 1. The van der Waals surface area contributed by atoms with E-state index in [9.17, 15) is 4.79 Å². The number of aliphatic hydroxyl groups is 1. The van der Waals surface area contributed by atoms with Crippen molar-refractivity contribution in [1.29, 1.82) is 0 Å². The molecule has 1 fully saturated rings. The number of carbonyl (C=O) groups is 1. The van der Waals surface area contributed by atoms with Gasteiger partial charge in [0.05, 0.1) is 6.10 Å². The average molecular weight is 243 g/mol. The highest BCUT2D eigenvalue weighted by atomic mass is 16.5. The summed E-state index contributed by atoms with van der Waals surface area (Å²) in [5.41, 5.74) is 0. The Kier molecular flexibility index (Phi) is 6.52. The molecule has 1 unspecified atom stereocenters. The van der Waals surface area contributed by atoms with Gasteiger partial charge in [-0.15, -0.1) is 0 Å². The molecule has 2 N–H and O–H groups in total. The summed E-state index contributed by atoms with van der Waals surface area (Å²) >= 11 is 0. The van der Waals surface area contributed by atoms with Crippen LogP contribution in [0.3, 0.4) is 0 Å². The monoisotopic (exact) mass is 243 g/mol. The summed E-state index contributed by atoms with van der Waals surface area (Å²) < 4.78 is 5.38. The summed E-state index contributed by atoms with van der Waals surface area (Å²) in [7, 11) is 0. The lowest BCUT2D eigenvalue weighted by atomic mass is 9.86. The number of nitrogens with one attached hydrogen (secondary N) is 1. The van der Waals surface area contributed by atoms with Crippen LogP contribution < -0.4 is 5.32 Å². The second-order valence-electron chi connectivity index (χ2n) is 5.00. The zero-order chi connectivity index (χ0) is 12.7. The molecule has 0 aliphatic heterocycles. The summed E-state index contributed by atoms with van der Waals surface area (Å²) in [6, 6.07) is 0.269. The molecule has 0 spiro atoms. The van der Waals surface area contributed by atoms with Crippen LogP contribution in [0.25, 0.3) is 0 Å². The highest BCUT2D eigenvalue weighted by molar-refractivity contribution is 5.77. The molecule has 17 heavy (non-hydrogen) atoms. The maximum Gasteiger partial charge on any atom is 0.246 e. The lowest BCUT2D eigenvalue weighted by molar-refractivity contribution is -0.128. The predicted molar refractivity (Wildman–Crippen MR) is 66.7 cm³/mol. The van der Waals surface area contributed by atoms with E-state index < -0.39 is 0 Å². The number of hydrogen-bond donors (Lipinski definition) is 2. The predicted octanol–water partition coefficient (Wildman–Crippen LogP) is 1.47. The Bertz CT molecular complexity index is 225. The Balaban J connectivity index is 2.15. The van der Waals surface area contributed by atoms with Crippen LogP contribution in [-0.2, 0) is 9.53 Å². The maximum absolute atomic E-state index is 11.6. The van der Waals surface area contributed by atoms with Crippen molar-refractivity contribution in [3.05, 3.63) is 0 Å². The van der Waals surface area contributed by atoms with Gasteiger partial charge in [-0.1, -0.05) is 6.92 Å². The van der Waals surface area contributed by atoms with Crippen molar-refractivity contribution in [2.24, 2.45) is 5.92 Å². The Hall–Kier alpha value is -0.610. The molecular weight excluding hydrogens is 218 g/mol. The van der Waals surface area contributed by atoms with Gasteiger partial charge in [-0.3, -0.25) is 4.79 Å². The highest BCUT2D eigenvalue weighted by Crippen LogP contribution is 2.23. The second-order valence-corrected chi connectivity index (χ2v) is 5.00. The van der Waals surface area contributed by atoms with E-state index in [1.165, 1.54) is 0 Å². The molecule has 0 radical (unpaired) electrons. The van der Waals surface area contributed by atoms with E-state index >= 15 is 0 Å². The molecule has 0 saturated heterocycles. The molecular formula is C13H25NO3. The van der Waals surface area contributed by atoms with Gasteiger partial charge in [0.15, 0.2) is 0 Å². The van der Waals surface area contributed by atoms with Crippen LogP contribution in [0.4, 0.5) is 0 Å².